The average Bonchev–Trinajstić information content (AvgIpc) is 2.96. The Hall–Kier alpha value is -2.08. The van der Waals surface area contributed by atoms with E-state index in [1.165, 1.54) is 0 Å². The van der Waals surface area contributed by atoms with Crippen molar-refractivity contribution in [2.75, 3.05) is 12.3 Å². The van der Waals surface area contributed by atoms with E-state index in [4.69, 9.17) is 19.7 Å². The first kappa shape index (κ1) is 15.3. The zero-order chi connectivity index (χ0) is 15.3. The number of nitrogens with zero attached hydrogens (tertiary/aromatic N) is 2. The van der Waals surface area contributed by atoms with Crippen molar-refractivity contribution in [3.8, 4) is 5.75 Å². The van der Waals surface area contributed by atoms with Crippen LogP contribution < -0.4 is 10.5 Å². The third-order valence-corrected chi connectivity index (χ3v) is 3.32. The number of hydrogen-bond acceptors (Lipinski definition) is 6. The standard InChI is InChI=1S/C15H21N3O3/c1-4-15(3,20-5-2)14-17-13(21-18-14)10-19-12-8-6-11(16)7-9-12/h6-9H,4-5,10,16H2,1-3H3. The first-order valence-corrected chi connectivity index (χ1v) is 7.02. The quantitative estimate of drug-likeness (QED) is 0.790. The molecule has 2 N–H and O–H groups in total. The Kier molecular flexibility index (Phi) is 4.80. The van der Waals surface area contributed by atoms with E-state index < -0.39 is 5.60 Å². The van der Waals surface area contributed by atoms with Crippen molar-refractivity contribution in [1.29, 1.82) is 0 Å². The molecule has 0 aliphatic heterocycles. The predicted molar refractivity (Wildman–Crippen MR) is 78.8 cm³/mol. The number of hydrogen-bond donors (Lipinski definition) is 1. The van der Waals surface area contributed by atoms with Crippen molar-refractivity contribution >= 4 is 5.69 Å². The number of rotatable bonds is 7. The summed E-state index contributed by atoms with van der Waals surface area (Å²) in [6, 6.07) is 7.14. The molecule has 0 radical (unpaired) electrons. The highest BCUT2D eigenvalue weighted by atomic mass is 16.5. The van der Waals surface area contributed by atoms with Crippen molar-refractivity contribution in [3.05, 3.63) is 36.0 Å². The molecule has 1 aromatic carbocycles. The van der Waals surface area contributed by atoms with Crippen LogP contribution in [-0.2, 0) is 16.9 Å². The lowest BCUT2D eigenvalue weighted by Crippen LogP contribution is -2.26. The summed E-state index contributed by atoms with van der Waals surface area (Å²) in [5.74, 6) is 1.66. The Bertz CT molecular complexity index is 568. The van der Waals surface area contributed by atoms with Crippen molar-refractivity contribution in [2.45, 2.75) is 39.4 Å². The molecule has 0 fully saturated rings. The molecule has 1 atom stereocenters. The highest BCUT2D eigenvalue weighted by Gasteiger charge is 2.30. The van der Waals surface area contributed by atoms with E-state index in [-0.39, 0.29) is 6.61 Å². The minimum atomic E-state index is -0.530. The maximum absolute atomic E-state index is 5.71. The van der Waals surface area contributed by atoms with Crippen molar-refractivity contribution in [2.24, 2.45) is 0 Å². The lowest BCUT2D eigenvalue weighted by molar-refractivity contribution is -0.0403. The molecule has 114 valence electrons. The van der Waals surface area contributed by atoms with Crippen LogP contribution in [0.5, 0.6) is 5.75 Å². The van der Waals surface area contributed by atoms with Gasteiger partial charge in [-0.3, -0.25) is 0 Å². The molecule has 0 aliphatic rings. The average molecular weight is 291 g/mol. The van der Waals surface area contributed by atoms with Crippen LogP contribution >= 0.6 is 0 Å². The highest BCUT2D eigenvalue weighted by molar-refractivity contribution is 5.41. The van der Waals surface area contributed by atoms with Gasteiger partial charge in [0.15, 0.2) is 6.61 Å². The maximum atomic E-state index is 5.71. The number of nitrogens with two attached hydrogens (primary N) is 1. The van der Waals surface area contributed by atoms with Gasteiger partial charge < -0.3 is 19.7 Å². The Morgan fingerprint density at radius 3 is 2.57 bits per heavy atom. The third kappa shape index (κ3) is 3.72. The smallest absolute Gasteiger partial charge is 0.264 e. The van der Waals surface area contributed by atoms with Gasteiger partial charge in [0.25, 0.3) is 5.89 Å². The fourth-order valence-electron chi connectivity index (χ4n) is 1.88. The Balaban J connectivity index is 2.01. The Morgan fingerprint density at radius 1 is 1.24 bits per heavy atom. The Morgan fingerprint density at radius 2 is 1.95 bits per heavy atom. The number of anilines is 1. The van der Waals surface area contributed by atoms with Gasteiger partial charge in [-0.1, -0.05) is 12.1 Å². The van der Waals surface area contributed by atoms with Crippen LogP contribution in [-0.4, -0.2) is 16.7 Å². The first-order valence-electron chi connectivity index (χ1n) is 7.02. The molecule has 0 bridgehead atoms. The highest BCUT2D eigenvalue weighted by Crippen LogP contribution is 2.26. The van der Waals surface area contributed by atoms with E-state index in [9.17, 15) is 0 Å². The molecule has 1 aromatic heterocycles. The summed E-state index contributed by atoms with van der Waals surface area (Å²) >= 11 is 0. The molecule has 21 heavy (non-hydrogen) atoms. The number of benzene rings is 1. The fourth-order valence-corrected chi connectivity index (χ4v) is 1.88. The van der Waals surface area contributed by atoms with E-state index in [2.05, 4.69) is 10.1 Å². The number of aromatic nitrogens is 2. The van der Waals surface area contributed by atoms with Crippen LogP contribution in [0.15, 0.2) is 28.8 Å². The summed E-state index contributed by atoms with van der Waals surface area (Å²) in [6.07, 6.45) is 0.763. The lowest BCUT2D eigenvalue weighted by Gasteiger charge is -2.23. The van der Waals surface area contributed by atoms with Gasteiger partial charge >= 0.3 is 0 Å². The van der Waals surface area contributed by atoms with Crippen LogP contribution in [0, 0.1) is 0 Å². The van der Waals surface area contributed by atoms with Gasteiger partial charge in [-0.05, 0) is 44.5 Å². The summed E-state index contributed by atoms with van der Waals surface area (Å²) in [5, 5.41) is 3.99. The van der Waals surface area contributed by atoms with Crippen molar-refractivity contribution < 1.29 is 14.0 Å². The molecule has 0 saturated carbocycles. The van der Waals surface area contributed by atoms with Gasteiger partial charge in [0.2, 0.25) is 5.82 Å². The van der Waals surface area contributed by atoms with Crippen molar-refractivity contribution in [3.63, 3.8) is 0 Å². The summed E-state index contributed by atoms with van der Waals surface area (Å²) in [6.45, 7) is 6.72. The molecule has 1 unspecified atom stereocenters. The van der Waals surface area contributed by atoms with Crippen LogP contribution in [0.25, 0.3) is 0 Å². The maximum Gasteiger partial charge on any atom is 0.264 e. The first-order chi connectivity index (χ1) is 10.1. The summed E-state index contributed by atoms with van der Waals surface area (Å²) in [7, 11) is 0. The Labute approximate surface area is 124 Å². The van der Waals surface area contributed by atoms with E-state index >= 15 is 0 Å². The van der Waals surface area contributed by atoms with Crippen LogP contribution in [0.2, 0.25) is 0 Å². The summed E-state index contributed by atoms with van der Waals surface area (Å²) < 4.78 is 16.5. The van der Waals surface area contributed by atoms with Gasteiger partial charge in [0.05, 0.1) is 0 Å². The number of ether oxygens (including phenoxy) is 2. The second-order valence-electron chi connectivity index (χ2n) is 4.89. The molecule has 0 aliphatic carbocycles. The zero-order valence-corrected chi connectivity index (χ0v) is 12.6. The molecular formula is C15H21N3O3. The van der Waals surface area contributed by atoms with Gasteiger partial charge in [-0.15, -0.1) is 0 Å². The zero-order valence-electron chi connectivity index (χ0n) is 12.6. The van der Waals surface area contributed by atoms with Crippen LogP contribution in [0.3, 0.4) is 0 Å². The fraction of sp³-hybridized carbons (Fsp3) is 0.467. The predicted octanol–water partition coefficient (Wildman–Crippen LogP) is 2.89. The molecule has 1 heterocycles. The van der Waals surface area contributed by atoms with Gasteiger partial charge in [-0.25, -0.2) is 0 Å². The minimum Gasteiger partial charge on any atom is -0.484 e. The molecular weight excluding hydrogens is 270 g/mol. The summed E-state index contributed by atoms with van der Waals surface area (Å²) in [4.78, 5) is 4.35. The van der Waals surface area contributed by atoms with E-state index in [1.54, 1.807) is 24.3 Å². The largest absolute Gasteiger partial charge is 0.484 e. The van der Waals surface area contributed by atoms with E-state index in [0.717, 1.165) is 6.42 Å². The van der Waals surface area contributed by atoms with Gasteiger partial charge in [0, 0.05) is 12.3 Å². The topological polar surface area (TPSA) is 83.4 Å². The minimum absolute atomic E-state index is 0.211. The lowest BCUT2D eigenvalue weighted by atomic mass is 10.0. The van der Waals surface area contributed by atoms with Crippen LogP contribution in [0.1, 0.15) is 38.9 Å². The molecule has 0 spiro atoms. The monoisotopic (exact) mass is 291 g/mol. The second kappa shape index (κ2) is 6.58. The molecule has 6 nitrogen and oxygen atoms in total. The number of nitrogen functional groups attached to an aromatic ring is 1. The molecule has 6 heteroatoms. The molecule has 0 saturated heterocycles. The third-order valence-electron chi connectivity index (χ3n) is 3.32. The second-order valence-corrected chi connectivity index (χ2v) is 4.89. The summed E-state index contributed by atoms with van der Waals surface area (Å²) in [5.41, 5.74) is 5.78. The van der Waals surface area contributed by atoms with E-state index in [0.29, 0.717) is 29.8 Å². The molecule has 0 amide bonds. The van der Waals surface area contributed by atoms with Gasteiger partial charge in [0.1, 0.15) is 11.4 Å². The molecule has 2 aromatic rings. The van der Waals surface area contributed by atoms with E-state index in [1.807, 2.05) is 20.8 Å². The molecule has 2 rings (SSSR count). The van der Waals surface area contributed by atoms with Gasteiger partial charge in [-0.2, -0.15) is 4.98 Å². The SMILES string of the molecule is CCOC(C)(CC)c1noc(COc2ccc(N)cc2)n1. The van der Waals surface area contributed by atoms with Crippen LogP contribution in [0.4, 0.5) is 5.69 Å². The normalized spacial score (nSPS) is 13.9. The van der Waals surface area contributed by atoms with Crippen molar-refractivity contribution in [1.82, 2.24) is 10.1 Å².